The fourth-order valence-corrected chi connectivity index (χ4v) is 0.930. The van der Waals surface area contributed by atoms with Crippen LogP contribution in [0.3, 0.4) is 0 Å². The van der Waals surface area contributed by atoms with E-state index in [1.165, 1.54) is 0 Å². The summed E-state index contributed by atoms with van der Waals surface area (Å²) in [6.07, 6.45) is 3.08. The van der Waals surface area contributed by atoms with Gasteiger partial charge in [-0.2, -0.15) is 0 Å². The molecule has 1 aromatic carbocycles. The van der Waals surface area contributed by atoms with Crippen LogP contribution >= 0.6 is 0 Å². The zero-order valence-electron chi connectivity index (χ0n) is 4.92. The van der Waals surface area contributed by atoms with Crippen LogP contribution in [0.2, 0.25) is 0 Å². The Hall–Kier alpha value is -0.980. The summed E-state index contributed by atoms with van der Waals surface area (Å²) in [5.74, 6) is 0.956. The summed E-state index contributed by atoms with van der Waals surface area (Å²) in [4.78, 5) is 0. The maximum Gasteiger partial charge on any atom is 0.123 e. The number of benzene rings is 1. The van der Waals surface area contributed by atoms with E-state index < -0.39 is 0 Å². The van der Waals surface area contributed by atoms with Crippen LogP contribution in [0.1, 0.15) is 5.56 Å². The Balaban J connectivity index is 2.54. The molecule has 0 aromatic heterocycles. The predicted octanol–water partition coefficient (Wildman–Crippen LogP) is 1.51. The molecule has 2 rings (SSSR count). The van der Waals surface area contributed by atoms with Gasteiger partial charge >= 0.3 is 0 Å². The van der Waals surface area contributed by atoms with Crippen molar-refractivity contribution in [3.05, 3.63) is 36.2 Å². The Morgan fingerprint density at radius 3 is 3.11 bits per heavy atom. The van der Waals surface area contributed by atoms with Crippen LogP contribution in [-0.4, -0.2) is 6.61 Å². The highest BCUT2D eigenvalue weighted by atomic mass is 16.5. The molecule has 0 spiro atoms. The van der Waals surface area contributed by atoms with E-state index in [1.54, 1.807) is 0 Å². The van der Waals surface area contributed by atoms with Crippen LogP contribution in [0.25, 0.3) is 0 Å². The number of hydrogen-bond acceptors (Lipinski definition) is 1. The molecule has 0 amide bonds. The molecule has 0 N–H and O–H groups in total. The van der Waals surface area contributed by atoms with Gasteiger partial charge in [-0.15, -0.1) is 0 Å². The summed E-state index contributed by atoms with van der Waals surface area (Å²) in [6, 6.07) is 7.91. The fraction of sp³-hybridized carbons (Fsp3) is 0.125. The first kappa shape index (κ1) is 4.86. The molecule has 1 aliphatic rings. The molecule has 9 heavy (non-hydrogen) atoms. The molecule has 2 radical (unpaired) electrons. The number of para-hydroxylation sites is 1. The lowest BCUT2D eigenvalue weighted by Gasteiger charge is -1.93. The SMILES string of the molecule is [C]1COc2ccccc21. The van der Waals surface area contributed by atoms with E-state index in [9.17, 15) is 0 Å². The van der Waals surface area contributed by atoms with E-state index in [0.29, 0.717) is 6.61 Å². The van der Waals surface area contributed by atoms with Gasteiger partial charge in [-0.05, 0) is 6.07 Å². The normalized spacial score (nSPS) is 14.7. The van der Waals surface area contributed by atoms with Gasteiger partial charge in [0.15, 0.2) is 0 Å². The Kier molecular flexibility index (Phi) is 0.950. The van der Waals surface area contributed by atoms with Gasteiger partial charge in [0.25, 0.3) is 0 Å². The third kappa shape index (κ3) is 0.689. The highest BCUT2D eigenvalue weighted by Gasteiger charge is 2.09. The van der Waals surface area contributed by atoms with Crippen molar-refractivity contribution in [2.45, 2.75) is 0 Å². The van der Waals surface area contributed by atoms with Crippen molar-refractivity contribution >= 4 is 0 Å². The standard InChI is InChI=1S/C8H6O/c1-2-4-8-7(3-1)5-6-9-8/h1-4H,6H2. The molecule has 1 heteroatoms. The van der Waals surface area contributed by atoms with E-state index in [1.807, 2.05) is 24.3 Å². The summed E-state index contributed by atoms with van der Waals surface area (Å²) >= 11 is 0. The van der Waals surface area contributed by atoms with Crippen LogP contribution in [0, 0.1) is 6.42 Å². The number of rotatable bonds is 0. The molecule has 1 aliphatic heterocycles. The second-order valence-electron chi connectivity index (χ2n) is 1.96. The Labute approximate surface area is 54.3 Å². The van der Waals surface area contributed by atoms with Crippen molar-refractivity contribution in [2.75, 3.05) is 6.61 Å². The largest absolute Gasteiger partial charge is 0.492 e. The minimum Gasteiger partial charge on any atom is -0.492 e. The van der Waals surface area contributed by atoms with E-state index in [0.717, 1.165) is 11.3 Å². The first-order valence-electron chi connectivity index (χ1n) is 2.92. The van der Waals surface area contributed by atoms with Crippen LogP contribution in [0.5, 0.6) is 5.75 Å². The second kappa shape index (κ2) is 1.76. The van der Waals surface area contributed by atoms with Crippen molar-refractivity contribution in [3.8, 4) is 5.75 Å². The molecule has 1 heterocycles. The van der Waals surface area contributed by atoms with Crippen LogP contribution < -0.4 is 4.74 Å². The molecular weight excluding hydrogens is 112 g/mol. The first-order valence-corrected chi connectivity index (χ1v) is 2.92. The monoisotopic (exact) mass is 118 g/mol. The molecule has 0 saturated carbocycles. The summed E-state index contributed by atoms with van der Waals surface area (Å²) in [5, 5.41) is 0. The van der Waals surface area contributed by atoms with Gasteiger partial charge in [-0.25, -0.2) is 0 Å². The third-order valence-corrected chi connectivity index (χ3v) is 1.38. The first-order chi connectivity index (χ1) is 4.47. The van der Waals surface area contributed by atoms with E-state index in [2.05, 4.69) is 6.42 Å². The van der Waals surface area contributed by atoms with Crippen LogP contribution in [0.15, 0.2) is 24.3 Å². The average molecular weight is 118 g/mol. The Bertz CT molecular complexity index is 195. The highest BCUT2D eigenvalue weighted by molar-refractivity contribution is 5.41. The summed E-state index contributed by atoms with van der Waals surface area (Å²) in [6.45, 7) is 0.610. The molecule has 0 fully saturated rings. The number of fused-ring (bicyclic) bond motifs is 1. The summed E-state index contributed by atoms with van der Waals surface area (Å²) < 4.78 is 5.19. The lowest BCUT2D eigenvalue weighted by Crippen LogP contribution is -1.83. The van der Waals surface area contributed by atoms with Gasteiger partial charge in [-0.1, -0.05) is 18.2 Å². The van der Waals surface area contributed by atoms with Crippen molar-refractivity contribution in [3.63, 3.8) is 0 Å². The molecule has 1 nitrogen and oxygen atoms in total. The molecule has 1 aromatic rings. The van der Waals surface area contributed by atoms with Gasteiger partial charge in [0.05, 0.1) is 6.42 Å². The molecule has 0 atom stereocenters. The fourth-order valence-electron chi connectivity index (χ4n) is 0.930. The molecule has 0 unspecified atom stereocenters. The number of hydrogen-bond donors (Lipinski definition) is 0. The molecular formula is C8H6O. The van der Waals surface area contributed by atoms with Gasteiger partial charge < -0.3 is 4.74 Å². The van der Waals surface area contributed by atoms with Gasteiger partial charge in [0, 0.05) is 5.56 Å². The van der Waals surface area contributed by atoms with E-state index >= 15 is 0 Å². The smallest absolute Gasteiger partial charge is 0.123 e. The molecule has 0 aliphatic carbocycles. The topological polar surface area (TPSA) is 9.23 Å². The van der Waals surface area contributed by atoms with E-state index in [4.69, 9.17) is 4.74 Å². The quantitative estimate of drug-likeness (QED) is 0.501. The minimum atomic E-state index is 0.610. The van der Waals surface area contributed by atoms with Crippen molar-refractivity contribution < 1.29 is 4.74 Å². The Morgan fingerprint density at radius 1 is 1.33 bits per heavy atom. The third-order valence-electron chi connectivity index (χ3n) is 1.38. The molecule has 44 valence electrons. The highest BCUT2D eigenvalue weighted by Crippen LogP contribution is 2.24. The number of ether oxygens (including phenoxy) is 1. The van der Waals surface area contributed by atoms with E-state index in [-0.39, 0.29) is 0 Å². The van der Waals surface area contributed by atoms with Crippen molar-refractivity contribution in [2.24, 2.45) is 0 Å². The lowest BCUT2D eigenvalue weighted by atomic mass is 10.2. The van der Waals surface area contributed by atoms with Crippen LogP contribution in [-0.2, 0) is 0 Å². The zero-order valence-corrected chi connectivity index (χ0v) is 4.92. The molecule has 0 saturated heterocycles. The maximum atomic E-state index is 5.19. The summed E-state index contributed by atoms with van der Waals surface area (Å²) in [7, 11) is 0. The summed E-state index contributed by atoms with van der Waals surface area (Å²) in [5.41, 5.74) is 1.09. The maximum absolute atomic E-state index is 5.19. The predicted molar refractivity (Wildman–Crippen MR) is 34.3 cm³/mol. The van der Waals surface area contributed by atoms with Gasteiger partial charge in [-0.3, -0.25) is 0 Å². The van der Waals surface area contributed by atoms with Crippen LogP contribution in [0.4, 0.5) is 0 Å². The zero-order chi connectivity index (χ0) is 6.10. The van der Waals surface area contributed by atoms with Crippen molar-refractivity contribution in [1.82, 2.24) is 0 Å². The van der Waals surface area contributed by atoms with Gasteiger partial charge in [0.1, 0.15) is 12.4 Å². The molecule has 0 bridgehead atoms. The average Bonchev–Trinajstić information content (AvgIpc) is 2.33. The lowest BCUT2D eigenvalue weighted by molar-refractivity contribution is 0.377. The minimum absolute atomic E-state index is 0.610. The second-order valence-corrected chi connectivity index (χ2v) is 1.96. The van der Waals surface area contributed by atoms with Gasteiger partial charge in [0.2, 0.25) is 0 Å². The van der Waals surface area contributed by atoms with Crippen molar-refractivity contribution in [1.29, 1.82) is 0 Å². The Morgan fingerprint density at radius 2 is 2.22 bits per heavy atom.